The maximum atomic E-state index is 14.2. The molecule has 4 rings (SSSR count). The number of rotatable bonds is 6. The monoisotopic (exact) mass is 524 g/mol. The lowest BCUT2D eigenvalue weighted by Gasteiger charge is -2.19. The first-order valence-corrected chi connectivity index (χ1v) is 11.8. The fraction of sp³-hybridized carbons (Fsp3) is 0.259. The second-order valence-electron chi connectivity index (χ2n) is 9.32. The van der Waals surface area contributed by atoms with Gasteiger partial charge in [0.25, 0.3) is 11.1 Å². The minimum absolute atomic E-state index is 0.0943. The minimum atomic E-state index is -1.35. The molecule has 0 saturated heterocycles. The molecule has 4 heterocycles. The van der Waals surface area contributed by atoms with Crippen molar-refractivity contribution >= 4 is 11.6 Å². The van der Waals surface area contributed by atoms with Crippen molar-refractivity contribution in [2.45, 2.75) is 46.8 Å². The van der Waals surface area contributed by atoms with Crippen LogP contribution in [0.5, 0.6) is 5.75 Å². The number of aryl methyl sites for hydroxylation is 3. The van der Waals surface area contributed by atoms with E-state index >= 15 is 0 Å². The summed E-state index contributed by atoms with van der Waals surface area (Å²) in [6.07, 6.45) is 4.61. The van der Waals surface area contributed by atoms with Crippen molar-refractivity contribution in [2.75, 3.05) is 0 Å². The lowest BCUT2D eigenvalue weighted by Crippen LogP contribution is -2.31. The van der Waals surface area contributed by atoms with Crippen molar-refractivity contribution in [1.29, 1.82) is 0 Å². The van der Waals surface area contributed by atoms with Gasteiger partial charge >= 0.3 is 0 Å². The summed E-state index contributed by atoms with van der Waals surface area (Å²) in [6, 6.07) is 7.72. The van der Waals surface area contributed by atoms with E-state index in [2.05, 4.69) is 9.97 Å². The van der Waals surface area contributed by atoms with E-state index in [-0.39, 0.29) is 34.5 Å². The van der Waals surface area contributed by atoms with Crippen LogP contribution < -0.4 is 15.9 Å². The average molecular weight is 525 g/mol. The van der Waals surface area contributed by atoms with Gasteiger partial charge in [-0.05, 0) is 63.9 Å². The Morgan fingerprint density at radius 3 is 2.49 bits per heavy atom. The average Bonchev–Trinajstić information content (AvgIpc) is 2.82. The van der Waals surface area contributed by atoms with Crippen molar-refractivity contribution in [3.8, 4) is 17.3 Å². The molecule has 0 spiro atoms. The maximum Gasteiger partial charge on any atom is 0.277 e. The summed E-state index contributed by atoms with van der Waals surface area (Å²) in [5, 5.41) is 10.2. The second-order valence-corrected chi connectivity index (χ2v) is 9.70. The Morgan fingerprint density at radius 1 is 1.08 bits per heavy atom. The highest BCUT2D eigenvalue weighted by Gasteiger charge is 2.22. The van der Waals surface area contributed by atoms with Crippen LogP contribution in [-0.2, 0) is 12.2 Å². The Kier molecular flexibility index (Phi) is 7.03. The van der Waals surface area contributed by atoms with Crippen molar-refractivity contribution in [3.63, 3.8) is 0 Å². The molecule has 192 valence electrons. The molecule has 0 aliphatic carbocycles. The molecule has 0 unspecified atom stereocenters. The molecule has 0 aliphatic heterocycles. The van der Waals surface area contributed by atoms with Crippen LogP contribution in [0.1, 0.15) is 41.9 Å². The molecule has 0 fully saturated rings. The van der Waals surface area contributed by atoms with E-state index in [1.165, 1.54) is 41.4 Å². The molecule has 10 heteroatoms. The van der Waals surface area contributed by atoms with Gasteiger partial charge in [-0.1, -0.05) is 11.6 Å². The van der Waals surface area contributed by atoms with E-state index < -0.39 is 22.5 Å². The summed E-state index contributed by atoms with van der Waals surface area (Å²) in [7, 11) is 0. The molecule has 4 aromatic heterocycles. The molecule has 0 aromatic carbocycles. The number of ether oxygens (including phenoxy) is 1. The lowest BCUT2D eigenvalue weighted by atomic mass is 10.0. The van der Waals surface area contributed by atoms with Crippen LogP contribution in [0.4, 0.5) is 4.39 Å². The van der Waals surface area contributed by atoms with Gasteiger partial charge in [0.2, 0.25) is 0 Å². The van der Waals surface area contributed by atoms with E-state index in [1.807, 2.05) is 0 Å². The third kappa shape index (κ3) is 5.19. The Labute approximate surface area is 217 Å². The first-order valence-electron chi connectivity index (χ1n) is 11.5. The van der Waals surface area contributed by atoms with Gasteiger partial charge in [-0.25, -0.2) is 9.37 Å². The molecule has 0 radical (unpaired) electrons. The van der Waals surface area contributed by atoms with E-state index in [0.29, 0.717) is 22.5 Å². The third-order valence-electron chi connectivity index (χ3n) is 5.87. The third-order valence-corrected chi connectivity index (χ3v) is 6.22. The highest BCUT2D eigenvalue weighted by molar-refractivity contribution is 6.31. The summed E-state index contributed by atoms with van der Waals surface area (Å²) < 4.78 is 22.5. The molecular formula is C27H26ClFN4O4. The molecule has 37 heavy (non-hydrogen) atoms. The Bertz CT molecular complexity index is 1620. The lowest BCUT2D eigenvalue weighted by molar-refractivity contribution is 0.0767. The topological polar surface area (TPSA) is 99.2 Å². The van der Waals surface area contributed by atoms with Gasteiger partial charge in [0.05, 0.1) is 11.3 Å². The first kappa shape index (κ1) is 26.2. The quantitative estimate of drug-likeness (QED) is 0.404. The fourth-order valence-electron chi connectivity index (χ4n) is 3.92. The number of halogens is 2. The van der Waals surface area contributed by atoms with Crippen LogP contribution >= 0.6 is 11.6 Å². The molecular weight excluding hydrogens is 499 g/mol. The minimum Gasteiger partial charge on any atom is -0.485 e. The second kappa shape index (κ2) is 9.91. The SMILES string of the molecule is Cc1cnc(COc2cc(C)n(-c3cc(-n4cccc(C(C)(C)O)c4=O)ncc3C)c(=O)c2Cl)c(F)c1. The number of hydrogen-bond donors (Lipinski definition) is 1. The van der Waals surface area contributed by atoms with Crippen LogP contribution in [-0.4, -0.2) is 24.2 Å². The van der Waals surface area contributed by atoms with Gasteiger partial charge in [0.1, 0.15) is 34.7 Å². The van der Waals surface area contributed by atoms with Crippen LogP contribution in [0.3, 0.4) is 0 Å². The number of nitrogens with zero attached hydrogens (tertiary/aromatic N) is 4. The van der Waals surface area contributed by atoms with Gasteiger partial charge in [0, 0.05) is 42.0 Å². The Hall–Kier alpha value is -3.82. The van der Waals surface area contributed by atoms with Crippen LogP contribution in [0, 0.1) is 26.6 Å². The van der Waals surface area contributed by atoms with E-state index in [4.69, 9.17) is 16.3 Å². The van der Waals surface area contributed by atoms with E-state index in [0.717, 1.165) is 0 Å². The first-order chi connectivity index (χ1) is 17.4. The van der Waals surface area contributed by atoms with Crippen LogP contribution in [0.15, 0.2) is 58.5 Å². The van der Waals surface area contributed by atoms with E-state index in [9.17, 15) is 19.1 Å². The smallest absolute Gasteiger partial charge is 0.277 e. The highest BCUT2D eigenvalue weighted by Crippen LogP contribution is 2.26. The Morgan fingerprint density at radius 2 is 1.81 bits per heavy atom. The summed E-state index contributed by atoms with van der Waals surface area (Å²) in [4.78, 5) is 34.8. The van der Waals surface area contributed by atoms with Crippen molar-refractivity contribution in [2.24, 2.45) is 0 Å². The van der Waals surface area contributed by atoms with E-state index in [1.54, 1.807) is 51.2 Å². The van der Waals surface area contributed by atoms with Crippen molar-refractivity contribution < 1.29 is 14.2 Å². The molecule has 1 N–H and O–H groups in total. The van der Waals surface area contributed by atoms with Crippen LogP contribution in [0.2, 0.25) is 5.02 Å². The molecule has 0 bridgehead atoms. The maximum absolute atomic E-state index is 14.2. The Balaban J connectivity index is 1.76. The summed E-state index contributed by atoms with van der Waals surface area (Å²) in [6.45, 7) is 8.06. The standard InChI is InChI=1S/C27H26ClFN4O4/c1-15-9-19(29)20(30-12-15)14-37-22-10-17(3)33(26(35)24(22)28)21-11-23(31-13-16(21)2)32-8-6-7-18(25(32)34)27(4,5)36/h6-13,36H,14H2,1-5H3. The van der Waals surface area contributed by atoms with Crippen molar-refractivity contribution in [1.82, 2.24) is 19.1 Å². The molecule has 0 amide bonds. The van der Waals surface area contributed by atoms with Gasteiger partial charge in [-0.15, -0.1) is 0 Å². The van der Waals surface area contributed by atoms with Gasteiger partial charge in [-0.3, -0.25) is 23.7 Å². The van der Waals surface area contributed by atoms with Gasteiger partial charge in [0.15, 0.2) is 0 Å². The highest BCUT2D eigenvalue weighted by atomic mass is 35.5. The molecule has 4 aromatic rings. The van der Waals surface area contributed by atoms with Crippen molar-refractivity contribution in [3.05, 3.63) is 109 Å². The molecule has 0 atom stereocenters. The zero-order valence-electron chi connectivity index (χ0n) is 21.0. The fourth-order valence-corrected chi connectivity index (χ4v) is 4.11. The van der Waals surface area contributed by atoms with Crippen LogP contribution in [0.25, 0.3) is 11.5 Å². The van der Waals surface area contributed by atoms with Gasteiger partial charge in [-0.2, -0.15) is 0 Å². The normalized spacial score (nSPS) is 11.6. The van der Waals surface area contributed by atoms with Gasteiger partial charge < -0.3 is 9.84 Å². The molecule has 0 aliphatic rings. The zero-order chi connectivity index (χ0) is 27.1. The number of aromatic nitrogens is 4. The summed E-state index contributed by atoms with van der Waals surface area (Å²) in [5.41, 5.74) is 0.282. The number of hydrogen-bond acceptors (Lipinski definition) is 6. The molecule has 0 saturated carbocycles. The number of aliphatic hydroxyl groups is 1. The number of pyridine rings is 4. The predicted molar refractivity (Wildman–Crippen MR) is 138 cm³/mol. The summed E-state index contributed by atoms with van der Waals surface area (Å²) in [5.74, 6) is -0.145. The summed E-state index contributed by atoms with van der Waals surface area (Å²) >= 11 is 6.39. The predicted octanol–water partition coefficient (Wildman–Crippen LogP) is 4.30. The zero-order valence-corrected chi connectivity index (χ0v) is 21.8. The molecule has 8 nitrogen and oxygen atoms in total. The largest absolute Gasteiger partial charge is 0.485 e.